The number of amides is 1. The Morgan fingerprint density at radius 2 is 2.06 bits per heavy atom. The molecule has 168 valence electrons. The first-order chi connectivity index (χ1) is 15.6. The van der Waals surface area contributed by atoms with E-state index >= 15 is 0 Å². The molecule has 4 rings (SSSR count). The maximum Gasteiger partial charge on any atom is 0.221 e. The lowest BCUT2D eigenvalue weighted by Crippen LogP contribution is -2.32. The summed E-state index contributed by atoms with van der Waals surface area (Å²) in [5.74, 6) is 1.39. The number of carbonyl (C=O) groups is 1. The molecule has 0 bridgehead atoms. The summed E-state index contributed by atoms with van der Waals surface area (Å²) in [5, 5.41) is 11.4. The van der Waals surface area contributed by atoms with E-state index in [9.17, 15) is 4.79 Å². The van der Waals surface area contributed by atoms with Crippen molar-refractivity contribution in [2.45, 2.75) is 35.8 Å². The third kappa shape index (κ3) is 6.03. The molecule has 32 heavy (non-hydrogen) atoms. The lowest BCUT2D eigenvalue weighted by molar-refractivity contribution is -0.121. The van der Waals surface area contributed by atoms with Crippen molar-refractivity contribution in [2.75, 3.05) is 20.3 Å². The molecule has 1 aliphatic heterocycles. The minimum absolute atomic E-state index is 0.0257. The van der Waals surface area contributed by atoms with Gasteiger partial charge in [-0.2, -0.15) is 0 Å². The number of methoxy groups -OCH3 is 1. The van der Waals surface area contributed by atoms with Gasteiger partial charge in [-0.15, -0.1) is 5.10 Å². The van der Waals surface area contributed by atoms with Crippen LogP contribution in [0.1, 0.15) is 30.1 Å². The number of hydrogen-bond donors (Lipinski definition) is 2. The summed E-state index contributed by atoms with van der Waals surface area (Å²) in [7, 11) is 1.63. The zero-order chi connectivity index (χ0) is 22.3. The molecule has 1 saturated heterocycles. The molecule has 1 aliphatic rings. The van der Waals surface area contributed by atoms with E-state index < -0.39 is 0 Å². The fraction of sp³-hybridized carbons (Fsp3) is 0.348. The minimum Gasteiger partial charge on any atom is -0.497 e. The predicted octanol–water partition coefficient (Wildman–Crippen LogP) is 4.65. The van der Waals surface area contributed by atoms with Gasteiger partial charge in [0, 0.05) is 35.4 Å². The Labute approximate surface area is 196 Å². The Bertz CT molecular complexity index is 1020. The van der Waals surface area contributed by atoms with Crippen LogP contribution < -0.4 is 10.1 Å². The normalized spacial score (nSPS) is 16.6. The fourth-order valence-corrected chi connectivity index (χ4v) is 4.63. The molecule has 2 N–H and O–H groups in total. The molecule has 2 aromatic carbocycles. The number of aromatic amines is 1. The van der Waals surface area contributed by atoms with Crippen LogP contribution in [0.2, 0.25) is 5.02 Å². The van der Waals surface area contributed by atoms with Crippen LogP contribution in [-0.4, -0.2) is 47.5 Å². The number of hydrogen-bond acceptors (Lipinski definition) is 6. The summed E-state index contributed by atoms with van der Waals surface area (Å²) in [6.45, 7) is 1.31. The third-order valence-corrected chi connectivity index (χ3v) is 6.61. The van der Waals surface area contributed by atoms with Crippen LogP contribution in [-0.2, 0) is 9.53 Å². The van der Waals surface area contributed by atoms with Crippen LogP contribution in [0.5, 0.6) is 5.75 Å². The number of benzene rings is 2. The van der Waals surface area contributed by atoms with Crippen molar-refractivity contribution in [2.24, 2.45) is 0 Å². The molecule has 2 atom stereocenters. The highest BCUT2D eigenvalue weighted by atomic mass is 35.5. The smallest absolute Gasteiger partial charge is 0.221 e. The van der Waals surface area contributed by atoms with Crippen molar-refractivity contribution in [3.8, 4) is 17.1 Å². The average molecular weight is 473 g/mol. The van der Waals surface area contributed by atoms with Crippen LogP contribution >= 0.6 is 23.4 Å². The van der Waals surface area contributed by atoms with Crippen LogP contribution in [0, 0.1) is 0 Å². The molecule has 0 unspecified atom stereocenters. The number of thioether (sulfide) groups is 1. The molecule has 2 heterocycles. The Morgan fingerprint density at radius 1 is 1.28 bits per heavy atom. The summed E-state index contributed by atoms with van der Waals surface area (Å²) in [4.78, 5) is 17.3. The van der Waals surface area contributed by atoms with Gasteiger partial charge in [-0.05, 0) is 54.8 Å². The largest absolute Gasteiger partial charge is 0.497 e. The monoisotopic (exact) mass is 472 g/mol. The molecule has 1 aromatic heterocycles. The number of carbonyl (C=O) groups excluding carboxylic acids is 1. The summed E-state index contributed by atoms with van der Waals surface area (Å²) in [6.07, 6.45) is 2.45. The van der Waals surface area contributed by atoms with E-state index in [0.29, 0.717) is 29.0 Å². The van der Waals surface area contributed by atoms with E-state index in [2.05, 4.69) is 20.5 Å². The molecular weight excluding hydrogens is 448 g/mol. The zero-order valence-electron chi connectivity index (χ0n) is 17.7. The highest BCUT2D eigenvalue weighted by Crippen LogP contribution is 2.37. The van der Waals surface area contributed by atoms with Crippen molar-refractivity contribution in [3.63, 3.8) is 0 Å². The molecule has 1 fully saturated rings. The molecule has 0 spiro atoms. The van der Waals surface area contributed by atoms with Crippen molar-refractivity contribution < 1.29 is 14.3 Å². The first-order valence-corrected chi connectivity index (χ1v) is 11.7. The van der Waals surface area contributed by atoms with E-state index in [-0.39, 0.29) is 17.3 Å². The van der Waals surface area contributed by atoms with Crippen LogP contribution in [0.3, 0.4) is 0 Å². The van der Waals surface area contributed by atoms with Crippen molar-refractivity contribution in [1.82, 2.24) is 20.5 Å². The number of H-pyrrole nitrogens is 1. The first kappa shape index (κ1) is 22.6. The Kier molecular flexibility index (Phi) is 7.68. The molecule has 0 aliphatic carbocycles. The summed E-state index contributed by atoms with van der Waals surface area (Å²) in [5.41, 5.74) is 1.89. The van der Waals surface area contributed by atoms with E-state index in [1.165, 1.54) is 11.8 Å². The molecular formula is C23H25ClN4O3S. The lowest BCUT2D eigenvalue weighted by atomic mass is 10.1. The van der Waals surface area contributed by atoms with Gasteiger partial charge in [-0.1, -0.05) is 35.5 Å². The van der Waals surface area contributed by atoms with Crippen molar-refractivity contribution in [3.05, 3.63) is 59.1 Å². The number of halogens is 1. The maximum absolute atomic E-state index is 12.7. The van der Waals surface area contributed by atoms with Gasteiger partial charge in [0.25, 0.3) is 0 Å². The maximum atomic E-state index is 12.7. The number of rotatable bonds is 9. The standard InChI is InChI=1S/C23H25ClN4O3S/c1-30-18-10-6-15(7-11-18)20(13-21(29)25-14-19-3-2-12-31-19)32-23-26-22(27-28-23)16-4-8-17(24)9-5-16/h4-11,19-20H,2-3,12-14H2,1H3,(H,25,29)(H,26,27,28)/t19-,20-/m1/s1. The molecule has 0 saturated carbocycles. The topological polar surface area (TPSA) is 89.1 Å². The fourth-order valence-electron chi connectivity index (χ4n) is 3.48. The Balaban J connectivity index is 1.46. The second kappa shape index (κ2) is 10.8. The highest BCUT2D eigenvalue weighted by molar-refractivity contribution is 7.99. The Morgan fingerprint density at radius 3 is 2.75 bits per heavy atom. The van der Waals surface area contributed by atoms with Gasteiger partial charge in [0.05, 0.1) is 13.2 Å². The van der Waals surface area contributed by atoms with Gasteiger partial charge in [0.1, 0.15) is 5.75 Å². The third-order valence-electron chi connectivity index (χ3n) is 5.24. The summed E-state index contributed by atoms with van der Waals surface area (Å²) in [6, 6.07) is 15.1. The van der Waals surface area contributed by atoms with E-state index in [0.717, 1.165) is 36.3 Å². The summed E-state index contributed by atoms with van der Waals surface area (Å²) >= 11 is 7.42. The quantitative estimate of drug-likeness (QED) is 0.440. The second-order valence-electron chi connectivity index (χ2n) is 7.50. The number of aromatic nitrogens is 3. The molecule has 1 amide bonds. The van der Waals surface area contributed by atoms with Crippen LogP contribution in [0.25, 0.3) is 11.4 Å². The number of nitrogens with zero attached hydrogens (tertiary/aromatic N) is 2. The van der Waals surface area contributed by atoms with Crippen LogP contribution in [0.15, 0.2) is 53.7 Å². The molecule has 7 nitrogen and oxygen atoms in total. The van der Waals surface area contributed by atoms with Gasteiger partial charge in [0.2, 0.25) is 11.1 Å². The first-order valence-electron chi connectivity index (χ1n) is 10.5. The van der Waals surface area contributed by atoms with Crippen molar-refractivity contribution >= 4 is 29.3 Å². The zero-order valence-corrected chi connectivity index (χ0v) is 19.3. The van der Waals surface area contributed by atoms with Gasteiger partial charge in [0.15, 0.2) is 5.82 Å². The lowest BCUT2D eigenvalue weighted by Gasteiger charge is -2.17. The molecule has 9 heteroatoms. The van der Waals surface area contributed by atoms with E-state index in [1.54, 1.807) is 7.11 Å². The number of nitrogens with one attached hydrogen (secondary N) is 2. The predicted molar refractivity (Wildman–Crippen MR) is 125 cm³/mol. The van der Waals surface area contributed by atoms with E-state index in [1.807, 2.05) is 48.5 Å². The van der Waals surface area contributed by atoms with Gasteiger partial charge in [-0.3, -0.25) is 9.89 Å². The SMILES string of the molecule is COc1ccc([C@@H](CC(=O)NC[C@H]2CCCO2)Sc2n[nH]c(-c3ccc(Cl)cc3)n2)cc1. The average Bonchev–Trinajstić information content (AvgIpc) is 3.50. The number of ether oxygens (including phenoxy) is 2. The van der Waals surface area contributed by atoms with Crippen molar-refractivity contribution in [1.29, 1.82) is 0 Å². The minimum atomic E-state index is -0.153. The van der Waals surface area contributed by atoms with Crippen LogP contribution in [0.4, 0.5) is 0 Å². The highest BCUT2D eigenvalue weighted by Gasteiger charge is 2.22. The summed E-state index contributed by atoms with van der Waals surface area (Å²) < 4.78 is 10.9. The Hall–Kier alpha value is -2.55. The van der Waals surface area contributed by atoms with E-state index in [4.69, 9.17) is 21.1 Å². The van der Waals surface area contributed by atoms with Gasteiger partial charge >= 0.3 is 0 Å². The molecule has 3 aromatic rings. The second-order valence-corrected chi connectivity index (χ2v) is 9.10. The molecule has 0 radical (unpaired) electrons. The van der Waals surface area contributed by atoms with Gasteiger partial charge < -0.3 is 14.8 Å². The van der Waals surface area contributed by atoms with Gasteiger partial charge in [-0.25, -0.2) is 4.98 Å².